The molecule has 0 unspecified atom stereocenters. The second-order valence-electron chi connectivity index (χ2n) is 5.79. The van der Waals surface area contributed by atoms with E-state index in [1.807, 2.05) is 30.3 Å². The van der Waals surface area contributed by atoms with Crippen LogP contribution in [0.2, 0.25) is 0 Å². The van der Waals surface area contributed by atoms with E-state index in [0.29, 0.717) is 29.7 Å². The molecule has 0 saturated carbocycles. The molecule has 0 fully saturated rings. The normalized spacial score (nSPS) is 10.4. The molecule has 1 aromatic carbocycles. The van der Waals surface area contributed by atoms with E-state index in [4.69, 9.17) is 9.47 Å². The predicted octanol–water partition coefficient (Wildman–Crippen LogP) is 4.44. The quantitative estimate of drug-likeness (QED) is 0.709. The van der Waals surface area contributed by atoms with Crippen LogP contribution in [0.5, 0.6) is 11.6 Å². The minimum atomic E-state index is 0.544. The van der Waals surface area contributed by atoms with Crippen molar-refractivity contribution in [3.05, 3.63) is 42.1 Å². The number of rotatable bonds is 7. The Bertz CT molecular complexity index is 690. The summed E-state index contributed by atoms with van der Waals surface area (Å²) in [5, 5.41) is 9.37. The van der Waals surface area contributed by atoms with Crippen molar-refractivity contribution in [2.24, 2.45) is 5.92 Å². The van der Waals surface area contributed by atoms with Gasteiger partial charge in [-0.15, -0.1) is 0 Å². The van der Waals surface area contributed by atoms with E-state index in [-0.39, 0.29) is 0 Å². The lowest BCUT2D eigenvalue weighted by Crippen LogP contribution is -2.01. The average Bonchev–Trinajstić information content (AvgIpc) is 2.58. The summed E-state index contributed by atoms with van der Waals surface area (Å²) in [6.07, 6.45) is 3.80. The van der Waals surface area contributed by atoms with Crippen molar-refractivity contribution >= 4 is 0 Å². The Kier molecular flexibility index (Phi) is 5.99. The topological polar surface area (TPSA) is 55.1 Å². The molecular formula is C19H22N2O2. The number of hydrogen-bond donors (Lipinski definition) is 0. The molecule has 4 heteroatoms. The van der Waals surface area contributed by atoms with Gasteiger partial charge in [-0.25, -0.2) is 4.98 Å². The summed E-state index contributed by atoms with van der Waals surface area (Å²) in [5.74, 6) is 1.86. The molecule has 2 rings (SSSR count). The van der Waals surface area contributed by atoms with Gasteiger partial charge in [-0.2, -0.15) is 5.26 Å². The molecule has 120 valence electrons. The fraction of sp³-hybridized carbons (Fsp3) is 0.368. The Morgan fingerprint density at radius 1 is 1.17 bits per heavy atom. The van der Waals surface area contributed by atoms with E-state index in [0.717, 1.165) is 24.0 Å². The summed E-state index contributed by atoms with van der Waals surface area (Å²) in [6.45, 7) is 5.02. The molecule has 0 radical (unpaired) electrons. The lowest BCUT2D eigenvalue weighted by molar-refractivity contribution is 0.297. The highest BCUT2D eigenvalue weighted by Crippen LogP contribution is 2.28. The van der Waals surface area contributed by atoms with Crippen LogP contribution in [0.3, 0.4) is 0 Å². The molecule has 23 heavy (non-hydrogen) atoms. The second-order valence-corrected chi connectivity index (χ2v) is 5.79. The van der Waals surface area contributed by atoms with Crippen LogP contribution in [0.15, 0.2) is 36.5 Å². The fourth-order valence-corrected chi connectivity index (χ4v) is 2.30. The molecule has 1 heterocycles. The van der Waals surface area contributed by atoms with Gasteiger partial charge in [-0.3, -0.25) is 0 Å². The van der Waals surface area contributed by atoms with Crippen molar-refractivity contribution in [1.29, 1.82) is 5.26 Å². The highest BCUT2D eigenvalue weighted by Gasteiger charge is 2.08. The molecule has 0 bridgehead atoms. The monoisotopic (exact) mass is 310 g/mol. The average molecular weight is 310 g/mol. The second kappa shape index (κ2) is 8.19. The maximum absolute atomic E-state index is 9.37. The van der Waals surface area contributed by atoms with Crippen molar-refractivity contribution in [2.45, 2.75) is 26.7 Å². The Morgan fingerprint density at radius 2 is 1.96 bits per heavy atom. The number of ether oxygens (including phenoxy) is 2. The van der Waals surface area contributed by atoms with Gasteiger partial charge < -0.3 is 9.47 Å². The van der Waals surface area contributed by atoms with E-state index in [1.165, 1.54) is 0 Å². The Hall–Kier alpha value is -2.54. The zero-order chi connectivity index (χ0) is 16.7. The summed E-state index contributed by atoms with van der Waals surface area (Å²) in [6, 6.07) is 11.6. The summed E-state index contributed by atoms with van der Waals surface area (Å²) < 4.78 is 10.9. The van der Waals surface area contributed by atoms with Gasteiger partial charge in [0.1, 0.15) is 11.8 Å². The van der Waals surface area contributed by atoms with E-state index in [2.05, 4.69) is 24.9 Å². The summed E-state index contributed by atoms with van der Waals surface area (Å²) in [7, 11) is 1.58. The van der Waals surface area contributed by atoms with Crippen LogP contribution in [0.25, 0.3) is 11.1 Å². The van der Waals surface area contributed by atoms with E-state index >= 15 is 0 Å². The first kappa shape index (κ1) is 16.8. The van der Waals surface area contributed by atoms with Gasteiger partial charge in [0.2, 0.25) is 5.88 Å². The molecule has 0 saturated heterocycles. The fourth-order valence-electron chi connectivity index (χ4n) is 2.30. The number of pyridine rings is 1. The van der Waals surface area contributed by atoms with Crippen LogP contribution in [0.1, 0.15) is 32.3 Å². The SMILES string of the molecule is COc1cc(-c2ccc(OCCCC(C)C)c(C#N)c2)ccn1. The summed E-state index contributed by atoms with van der Waals surface area (Å²) in [5.41, 5.74) is 2.44. The molecule has 0 spiro atoms. The van der Waals surface area contributed by atoms with Crippen LogP contribution < -0.4 is 9.47 Å². The van der Waals surface area contributed by atoms with E-state index < -0.39 is 0 Å². The molecule has 4 nitrogen and oxygen atoms in total. The largest absolute Gasteiger partial charge is 0.492 e. The maximum atomic E-state index is 9.37. The first-order valence-corrected chi connectivity index (χ1v) is 7.81. The van der Waals surface area contributed by atoms with Gasteiger partial charge in [-0.1, -0.05) is 19.9 Å². The number of nitrogens with zero attached hydrogens (tertiary/aromatic N) is 2. The standard InChI is InChI=1S/C19H22N2O2/c1-14(2)5-4-10-23-18-7-6-15(11-17(18)13-20)16-8-9-21-19(12-16)22-3/h6-9,11-12,14H,4-5,10H2,1-3H3. The Morgan fingerprint density at radius 3 is 2.65 bits per heavy atom. The molecule has 0 aliphatic heterocycles. The number of hydrogen-bond acceptors (Lipinski definition) is 4. The van der Waals surface area contributed by atoms with Gasteiger partial charge in [0, 0.05) is 12.3 Å². The minimum Gasteiger partial charge on any atom is -0.492 e. The Balaban J connectivity index is 2.14. The first-order valence-electron chi connectivity index (χ1n) is 7.81. The van der Waals surface area contributed by atoms with Crippen LogP contribution in [-0.2, 0) is 0 Å². The zero-order valence-electron chi connectivity index (χ0n) is 13.9. The highest BCUT2D eigenvalue weighted by molar-refractivity contribution is 5.67. The van der Waals surface area contributed by atoms with Crippen LogP contribution in [0.4, 0.5) is 0 Å². The van der Waals surface area contributed by atoms with E-state index in [9.17, 15) is 5.26 Å². The molecule has 2 aromatic rings. The van der Waals surface area contributed by atoms with Crippen LogP contribution in [0, 0.1) is 17.2 Å². The number of methoxy groups -OCH3 is 1. The third-order valence-corrected chi connectivity index (χ3v) is 3.56. The van der Waals surface area contributed by atoms with Crippen LogP contribution >= 0.6 is 0 Å². The van der Waals surface area contributed by atoms with Crippen molar-refractivity contribution in [1.82, 2.24) is 4.98 Å². The van der Waals surface area contributed by atoms with Crippen molar-refractivity contribution < 1.29 is 9.47 Å². The number of nitriles is 1. The van der Waals surface area contributed by atoms with Crippen molar-refractivity contribution in [3.8, 4) is 28.8 Å². The zero-order valence-corrected chi connectivity index (χ0v) is 13.9. The summed E-state index contributed by atoms with van der Waals surface area (Å²) in [4.78, 5) is 4.10. The lowest BCUT2D eigenvalue weighted by Gasteiger charge is -2.11. The maximum Gasteiger partial charge on any atom is 0.213 e. The molecule has 1 aromatic heterocycles. The molecular weight excluding hydrogens is 288 g/mol. The Labute approximate surface area is 137 Å². The lowest BCUT2D eigenvalue weighted by atomic mass is 10.0. The van der Waals surface area contributed by atoms with E-state index in [1.54, 1.807) is 13.3 Å². The van der Waals surface area contributed by atoms with Gasteiger partial charge in [0.15, 0.2) is 0 Å². The molecule has 0 amide bonds. The molecule has 0 atom stereocenters. The van der Waals surface area contributed by atoms with Gasteiger partial charge in [-0.05, 0) is 48.1 Å². The smallest absolute Gasteiger partial charge is 0.213 e. The van der Waals surface area contributed by atoms with Crippen molar-refractivity contribution in [2.75, 3.05) is 13.7 Å². The molecule has 0 N–H and O–H groups in total. The predicted molar refractivity (Wildman–Crippen MR) is 90.5 cm³/mol. The summed E-state index contributed by atoms with van der Waals surface area (Å²) >= 11 is 0. The van der Waals surface area contributed by atoms with Gasteiger partial charge in [0.25, 0.3) is 0 Å². The number of benzene rings is 1. The number of aromatic nitrogens is 1. The molecule has 0 aliphatic carbocycles. The minimum absolute atomic E-state index is 0.544. The highest BCUT2D eigenvalue weighted by atomic mass is 16.5. The third kappa shape index (κ3) is 4.72. The van der Waals surface area contributed by atoms with Gasteiger partial charge in [0.05, 0.1) is 19.3 Å². The molecule has 0 aliphatic rings. The van der Waals surface area contributed by atoms with Crippen LogP contribution in [-0.4, -0.2) is 18.7 Å². The van der Waals surface area contributed by atoms with Gasteiger partial charge >= 0.3 is 0 Å². The van der Waals surface area contributed by atoms with Crippen molar-refractivity contribution in [3.63, 3.8) is 0 Å². The third-order valence-electron chi connectivity index (χ3n) is 3.56. The first-order chi connectivity index (χ1) is 11.1.